The molecule has 1 saturated carbocycles. The molecule has 0 bridgehead atoms. The Labute approximate surface area is 158 Å². The SMILES string of the molecule is Cc1nc(N2CCCN(C(=O)C3CC3)CC2)c2c3c(sc2n1)CCCC3. The van der Waals surface area contributed by atoms with Gasteiger partial charge in [-0.05, 0) is 57.4 Å². The van der Waals surface area contributed by atoms with Gasteiger partial charge in [0.1, 0.15) is 16.5 Å². The molecule has 0 radical (unpaired) electrons. The fraction of sp³-hybridized carbons (Fsp3) is 0.650. The number of carbonyl (C=O) groups excluding carboxylic acids is 1. The van der Waals surface area contributed by atoms with E-state index in [1.54, 1.807) is 0 Å². The van der Waals surface area contributed by atoms with Crippen LogP contribution in [0.4, 0.5) is 5.82 Å². The van der Waals surface area contributed by atoms with Gasteiger partial charge in [0, 0.05) is 37.0 Å². The van der Waals surface area contributed by atoms with E-state index in [4.69, 9.17) is 9.97 Å². The van der Waals surface area contributed by atoms with E-state index in [1.165, 1.54) is 35.1 Å². The topological polar surface area (TPSA) is 49.3 Å². The van der Waals surface area contributed by atoms with Crippen molar-refractivity contribution in [1.29, 1.82) is 0 Å². The second-order valence-corrected chi connectivity index (χ2v) is 9.01. The van der Waals surface area contributed by atoms with Crippen molar-refractivity contribution in [2.45, 2.75) is 51.9 Å². The molecule has 2 aromatic rings. The van der Waals surface area contributed by atoms with Crippen molar-refractivity contribution in [2.75, 3.05) is 31.1 Å². The predicted octanol–water partition coefficient (Wildman–Crippen LogP) is 3.33. The molecule has 2 aromatic heterocycles. The van der Waals surface area contributed by atoms with E-state index >= 15 is 0 Å². The summed E-state index contributed by atoms with van der Waals surface area (Å²) in [6.45, 7) is 5.58. The Morgan fingerprint density at radius 2 is 1.88 bits per heavy atom. The van der Waals surface area contributed by atoms with Gasteiger partial charge in [-0.2, -0.15) is 0 Å². The monoisotopic (exact) mass is 370 g/mol. The van der Waals surface area contributed by atoms with Gasteiger partial charge >= 0.3 is 0 Å². The maximum absolute atomic E-state index is 12.5. The third kappa shape index (κ3) is 2.88. The van der Waals surface area contributed by atoms with Gasteiger partial charge in [0.25, 0.3) is 0 Å². The quantitative estimate of drug-likeness (QED) is 0.814. The molecule has 2 aliphatic carbocycles. The number of rotatable bonds is 2. The number of hydrogen-bond donors (Lipinski definition) is 0. The zero-order chi connectivity index (χ0) is 17.7. The van der Waals surface area contributed by atoms with Crippen molar-refractivity contribution in [3.63, 3.8) is 0 Å². The average Bonchev–Trinajstić information content (AvgIpc) is 3.44. The molecule has 1 saturated heterocycles. The number of carbonyl (C=O) groups is 1. The summed E-state index contributed by atoms with van der Waals surface area (Å²) >= 11 is 1.87. The largest absolute Gasteiger partial charge is 0.354 e. The van der Waals surface area contributed by atoms with Gasteiger partial charge in [0.2, 0.25) is 5.91 Å². The molecule has 0 unspecified atom stereocenters. The van der Waals surface area contributed by atoms with E-state index in [2.05, 4.69) is 9.80 Å². The summed E-state index contributed by atoms with van der Waals surface area (Å²) in [6, 6.07) is 0. The number of aryl methyl sites for hydroxylation is 3. The van der Waals surface area contributed by atoms with Crippen molar-refractivity contribution >= 4 is 33.3 Å². The minimum absolute atomic E-state index is 0.318. The van der Waals surface area contributed by atoms with E-state index in [0.29, 0.717) is 11.8 Å². The Morgan fingerprint density at radius 1 is 1.04 bits per heavy atom. The summed E-state index contributed by atoms with van der Waals surface area (Å²) in [7, 11) is 0. The van der Waals surface area contributed by atoms with Gasteiger partial charge in [-0.3, -0.25) is 4.79 Å². The van der Waals surface area contributed by atoms with Crippen molar-refractivity contribution in [1.82, 2.24) is 14.9 Å². The normalized spacial score (nSPS) is 21.0. The molecule has 0 atom stereocenters. The third-order valence-corrected chi connectivity index (χ3v) is 7.13. The molecule has 26 heavy (non-hydrogen) atoms. The maximum atomic E-state index is 12.5. The first-order valence-corrected chi connectivity index (χ1v) is 10.8. The summed E-state index contributed by atoms with van der Waals surface area (Å²) in [5.41, 5.74) is 1.50. The minimum Gasteiger partial charge on any atom is -0.354 e. The van der Waals surface area contributed by atoms with Crippen molar-refractivity contribution < 1.29 is 4.79 Å². The Kier molecular flexibility index (Phi) is 4.11. The van der Waals surface area contributed by atoms with Crippen molar-refractivity contribution in [2.24, 2.45) is 5.92 Å². The lowest BCUT2D eigenvalue weighted by atomic mass is 9.97. The van der Waals surface area contributed by atoms with Crippen LogP contribution in [0.15, 0.2) is 0 Å². The second kappa shape index (κ2) is 6.48. The van der Waals surface area contributed by atoms with Gasteiger partial charge in [0.15, 0.2) is 0 Å². The second-order valence-electron chi connectivity index (χ2n) is 7.93. The minimum atomic E-state index is 0.318. The maximum Gasteiger partial charge on any atom is 0.225 e. The summed E-state index contributed by atoms with van der Waals surface area (Å²) < 4.78 is 0. The lowest BCUT2D eigenvalue weighted by molar-refractivity contribution is -0.132. The van der Waals surface area contributed by atoms with Crippen LogP contribution in [0, 0.1) is 12.8 Å². The van der Waals surface area contributed by atoms with Crippen molar-refractivity contribution in [3.8, 4) is 0 Å². The Bertz CT molecular complexity index is 857. The average molecular weight is 371 g/mol. The van der Waals surface area contributed by atoms with Crippen LogP contribution in [0.2, 0.25) is 0 Å². The standard InChI is InChI=1S/C20H26N4OS/c1-13-21-18(17-15-5-2-3-6-16(15)26-19(17)22-13)23-9-4-10-24(12-11-23)20(25)14-7-8-14/h14H,2-12H2,1H3. The van der Waals surface area contributed by atoms with Gasteiger partial charge in [-0.1, -0.05) is 0 Å². The molecule has 0 aromatic carbocycles. The zero-order valence-electron chi connectivity index (χ0n) is 15.5. The number of thiophene rings is 1. The molecule has 138 valence electrons. The van der Waals surface area contributed by atoms with Gasteiger partial charge in [-0.15, -0.1) is 11.3 Å². The fourth-order valence-corrected chi connectivity index (χ4v) is 5.71. The van der Waals surface area contributed by atoms with E-state index in [9.17, 15) is 4.79 Å². The molecule has 0 spiro atoms. The van der Waals surface area contributed by atoms with Crippen LogP contribution in [-0.4, -0.2) is 47.0 Å². The van der Waals surface area contributed by atoms with Crippen LogP contribution >= 0.6 is 11.3 Å². The Morgan fingerprint density at radius 3 is 2.73 bits per heavy atom. The van der Waals surface area contributed by atoms with E-state index < -0.39 is 0 Å². The fourth-order valence-electron chi connectivity index (χ4n) is 4.41. The predicted molar refractivity (Wildman–Crippen MR) is 105 cm³/mol. The van der Waals surface area contributed by atoms with Gasteiger partial charge in [-0.25, -0.2) is 9.97 Å². The Hall–Kier alpha value is -1.69. The van der Waals surface area contributed by atoms with Crippen LogP contribution in [0.1, 0.15) is 48.4 Å². The number of amides is 1. The summed E-state index contributed by atoms with van der Waals surface area (Å²) in [6.07, 6.45) is 8.12. The van der Waals surface area contributed by atoms with E-state index in [0.717, 1.165) is 68.3 Å². The number of fused-ring (bicyclic) bond motifs is 3. The molecular formula is C20H26N4OS. The molecule has 3 aliphatic rings. The van der Waals surface area contributed by atoms with Crippen LogP contribution in [0.3, 0.4) is 0 Å². The van der Waals surface area contributed by atoms with Crippen molar-refractivity contribution in [3.05, 3.63) is 16.3 Å². The first kappa shape index (κ1) is 16.5. The molecule has 2 fully saturated rings. The molecule has 3 heterocycles. The first-order chi connectivity index (χ1) is 12.7. The highest BCUT2D eigenvalue weighted by Gasteiger charge is 2.34. The third-order valence-electron chi connectivity index (χ3n) is 5.94. The van der Waals surface area contributed by atoms with Gasteiger partial charge < -0.3 is 9.80 Å². The lowest BCUT2D eigenvalue weighted by Gasteiger charge is -2.24. The van der Waals surface area contributed by atoms with E-state index in [-0.39, 0.29) is 0 Å². The van der Waals surface area contributed by atoms with E-state index in [1.807, 2.05) is 18.3 Å². The highest BCUT2D eigenvalue weighted by molar-refractivity contribution is 7.19. The molecule has 1 amide bonds. The highest BCUT2D eigenvalue weighted by Crippen LogP contribution is 2.40. The molecule has 0 N–H and O–H groups in total. The first-order valence-electron chi connectivity index (χ1n) is 10.0. The number of hydrogen-bond acceptors (Lipinski definition) is 5. The number of anilines is 1. The molecule has 5 nitrogen and oxygen atoms in total. The summed E-state index contributed by atoms with van der Waals surface area (Å²) in [5, 5.41) is 1.30. The molecule has 1 aliphatic heterocycles. The zero-order valence-corrected chi connectivity index (χ0v) is 16.3. The Balaban J connectivity index is 1.48. The van der Waals surface area contributed by atoms with Crippen LogP contribution in [0.25, 0.3) is 10.2 Å². The number of aromatic nitrogens is 2. The van der Waals surface area contributed by atoms with Crippen LogP contribution in [-0.2, 0) is 17.6 Å². The van der Waals surface area contributed by atoms with Crippen LogP contribution in [0.5, 0.6) is 0 Å². The highest BCUT2D eigenvalue weighted by atomic mass is 32.1. The lowest BCUT2D eigenvalue weighted by Crippen LogP contribution is -2.36. The van der Waals surface area contributed by atoms with Crippen LogP contribution < -0.4 is 4.90 Å². The van der Waals surface area contributed by atoms with Gasteiger partial charge in [0.05, 0.1) is 5.39 Å². The smallest absolute Gasteiger partial charge is 0.225 e. The molecular weight excluding hydrogens is 344 g/mol. The molecule has 6 heteroatoms. The number of nitrogens with zero attached hydrogens (tertiary/aromatic N) is 4. The summed E-state index contributed by atoms with van der Waals surface area (Å²) in [5.74, 6) is 2.68. The summed E-state index contributed by atoms with van der Waals surface area (Å²) in [4.78, 5) is 29.3. The molecule has 5 rings (SSSR count).